The fourth-order valence-electron chi connectivity index (χ4n) is 1.76. The van der Waals surface area contributed by atoms with Crippen LogP contribution in [0.2, 0.25) is 0 Å². The molecule has 0 radical (unpaired) electrons. The predicted molar refractivity (Wildman–Crippen MR) is 79.0 cm³/mol. The molecular weight excluding hydrogens is 294 g/mol. The zero-order valence-corrected chi connectivity index (χ0v) is 12.7. The van der Waals surface area contributed by atoms with Crippen LogP contribution in [0.1, 0.15) is 46.0 Å². The maximum absolute atomic E-state index is 11.3. The number of aromatic nitrogens is 2. The van der Waals surface area contributed by atoms with Gasteiger partial charge < -0.3 is 5.32 Å². The highest BCUT2D eigenvalue weighted by Crippen LogP contribution is 2.15. The number of halogens is 1. The number of unbranched alkanes of at least 4 members (excludes halogenated alkanes) is 3. The summed E-state index contributed by atoms with van der Waals surface area (Å²) in [5, 5.41) is 9.36. The van der Waals surface area contributed by atoms with Crippen LogP contribution in [0, 0.1) is 5.92 Å². The van der Waals surface area contributed by atoms with Gasteiger partial charge in [-0.2, -0.15) is 5.10 Å². The summed E-state index contributed by atoms with van der Waals surface area (Å²) in [5.41, 5.74) is 0.567. The maximum atomic E-state index is 11.3. The first-order valence-corrected chi connectivity index (χ1v) is 7.37. The van der Waals surface area contributed by atoms with E-state index in [4.69, 9.17) is 0 Å². The van der Waals surface area contributed by atoms with Crippen molar-refractivity contribution < 1.29 is 0 Å². The largest absolute Gasteiger partial charge is 0.383 e. The second kappa shape index (κ2) is 8.29. The van der Waals surface area contributed by atoms with E-state index in [1.807, 2.05) is 0 Å². The number of H-pyrrole nitrogens is 1. The number of hydrogen-bond donors (Lipinski definition) is 2. The summed E-state index contributed by atoms with van der Waals surface area (Å²) in [6.07, 6.45) is 7.90. The molecule has 1 aromatic heterocycles. The highest BCUT2D eigenvalue weighted by Gasteiger charge is 2.02. The standard InChI is InChI=1S/C13H22BrN3O/c1-10(2)7-5-3-4-6-8-15-11-9-16-17-13(18)12(11)14/h9-10H,3-8H2,1-2H3,(H2,15,17,18). The summed E-state index contributed by atoms with van der Waals surface area (Å²) < 4.78 is 0.525. The molecule has 0 aliphatic heterocycles. The lowest BCUT2D eigenvalue weighted by Gasteiger charge is -2.07. The molecule has 0 saturated carbocycles. The molecule has 1 heterocycles. The van der Waals surface area contributed by atoms with Gasteiger partial charge in [-0.25, -0.2) is 5.10 Å². The van der Waals surface area contributed by atoms with Gasteiger partial charge in [0, 0.05) is 6.54 Å². The van der Waals surface area contributed by atoms with Crippen LogP contribution < -0.4 is 10.9 Å². The lowest BCUT2D eigenvalue weighted by atomic mass is 10.0. The smallest absolute Gasteiger partial charge is 0.280 e. The molecule has 0 unspecified atom stereocenters. The van der Waals surface area contributed by atoms with Crippen LogP contribution in [0.4, 0.5) is 5.69 Å². The molecule has 0 atom stereocenters. The molecule has 0 aromatic carbocycles. The van der Waals surface area contributed by atoms with Crippen molar-refractivity contribution in [2.24, 2.45) is 5.92 Å². The van der Waals surface area contributed by atoms with Gasteiger partial charge in [0.25, 0.3) is 5.56 Å². The van der Waals surface area contributed by atoms with Crippen molar-refractivity contribution in [2.45, 2.75) is 46.0 Å². The van der Waals surface area contributed by atoms with Gasteiger partial charge in [0.15, 0.2) is 0 Å². The summed E-state index contributed by atoms with van der Waals surface area (Å²) in [6.45, 7) is 5.41. The molecule has 0 saturated heterocycles. The maximum Gasteiger partial charge on any atom is 0.280 e. The number of rotatable bonds is 8. The third-order valence-electron chi connectivity index (χ3n) is 2.82. The average Bonchev–Trinajstić information content (AvgIpc) is 2.32. The number of nitrogens with zero attached hydrogens (tertiary/aromatic N) is 1. The first-order chi connectivity index (χ1) is 8.61. The van der Waals surface area contributed by atoms with Gasteiger partial charge in [-0.1, -0.05) is 39.5 Å². The average molecular weight is 316 g/mol. The van der Waals surface area contributed by atoms with Gasteiger partial charge >= 0.3 is 0 Å². The molecule has 0 aliphatic carbocycles. The van der Waals surface area contributed by atoms with Crippen molar-refractivity contribution in [3.05, 3.63) is 21.0 Å². The Labute approximate surface area is 117 Å². The molecule has 18 heavy (non-hydrogen) atoms. The van der Waals surface area contributed by atoms with E-state index in [1.165, 1.54) is 25.7 Å². The van der Waals surface area contributed by atoms with Crippen LogP contribution >= 0.6 is 15.9 Å². The molecule has 0 aliphatic rings. The second-order valence-electron chi connectivity index (χ2n) is 4.95. The molecule has 102 valence electrons. The van der Waals surface area contributed by atoms with Crippen molar-refractivity contribution in [3.8, 4) is 0 Å². The summed E-state index contributed by atoms with van der Waals surface area (Å²) >= 11 is 3.24. The van der Waals surface area contributed by atoms with E-state index >= 15 is 0 Å². The first kappa shape index (κ1) is 15.2. The van der Waals surface area contributed by atoms with E-state index in [9.17, 15) is 4.79 Å². The van der Waals surface area contributed by atoms with Crippen LogP contribution in [0.5, 0.6) is 0 Å². The van der Waals surface area contributed by atoms with Crippen LogP contribution in [-0.2, 0) is 0 Å². The monoisotopic (exact) mass is 315 g/mol. The Kier molecular flexibility index (Phi) is 7.01. The van der Waals surface area contributed by atoms with Crippen LogP contribution in [-0.4, -0.2) is 16.7 Å². The Hall–Kier alpha value is -0.840. The Balaban J connectivity index is 2.15. The molecule has 0 amide bonds. The summed E-state index contributed by atoms with van der Waals surface area (Å²) in [7, 11) is 0. The van der Waals surface area contributed by atoms with Gasteiger partial charge in [0.1, 0.15) is 4.47 Å². The molecule has 1 aromatic rings. The third kappa shape index (κ3) is 5.67. The Morgan fingerprint density at radius 3 is 2.78 bits per heavy atom. The molecule has 0 fully saturated rings. The fourth-order valence-corrected chi connectivity index (χ4v) is 2.09. The van der Waals surface area contributed by atoms with Crippen molar-refractivity contribution in [1.29, 1.82) is 0 Å². The van der Waals surface area contributed by atoms with Crippen LogP contribution in [0.3, 0.4) is 0 Å². The molecule has 2 N–H and O–H groups in total. The van der Waals surface area contributed by atoms with Crippen LogP contribution in [0.15, 0.2) is 15.5 Å². The van der Waals surface area contributed by atoms with Crippen molar-refractivity contribution in [3.63, 3.8) is 0 Å². The Bertz CT molecular complexity index is 403. The van der Waals surface area contributed by atoms with Gasteiger partial charge in [-0.05, 0) is 28.3 Å². The summed E-state index contributed by atoms with van der Waals surface area (Å²) in [6, 6.07) is 0. The van der Waals surface area contributed by atoms with E-state index in [-0.39, 0.29) is 5.56 Å². The van der Waals surface area contributed by atoms with Crippen molar-refractivity contribution in [2.75, 3.05) is 11.9 Å². The topological polar surface area (TPSA) is 57.8 Å². The minimum atomic E-state index is -0.197. The molecule has 5 heteroatoms. The molecule has 4 nitrogen and oxygen atoms in total. The van der Waals surface area contributed by atoms with Gasteiger partial charge in [-0.3, -0.25) is 4.79 Å². The number of anilines is 1. The first-order valence-electron chi connectivity index (χ1n) is 6.58. The SMILES string of the molecule is CC(C)CCCCCCNc1cn[nH]c(=O)c1Br. The quantitative estimate of drug-likeness (QED) is 0.721. The zero-order chi connectivity index (χ0) is 13.4. The lowest BCUT2D eigenvalue weighted by molar-refractivity contribution is 0.523. The van der Waals surface area contributed by atoms with Crippen LogP contribution in [0.25, 0.3) is 0 Å². The van der Waals surface area contributed by atoms with E-state index in [1.54, 1.807) is 6.20 Å². The normalized spacial score (nSPS) is 10.9. The van der Waals surface area contributed by atoms with E-state index in [0.29, 0.717) is 4.47 Å². The minimum absolute atomic E-state index is 0.197. The van der Waals surface area contributed by atoms with Gasteiger partial charge in [0.05, 0.1) is 11.9 Å². The van der Waals surface area contributed by atoms with Crippen molar-refractivity contribution >= 4 is 21.6 Å². The van der Waals surface area contributed by atoms with Gasteiger partial charge in [-0.15, -0.1) is 0 Å². The third-order valence-corrected chi connectivity index (χ3v) is 3.61. The van der Waals surface area contributed by atoms with Gasteiger partial charge in [0.2, 0.25) is 0 Å². The fraction of sp³-hybridized carbons (Fsp3) is 0.692. The lowest BCUT2D eigenvalue weighted by Crippen LogP contribution is -2.12. The number of nitrogens with one attached hydrogen (secondary N) is 2. The Morgan fingerprint density at radius 1 is 1.33 bits per heavy atom. The molecule has 1 rings (SSSR count). The highest BCUT2D eigenvalue weighted by atomic mass is 79.9. The van der Waals surface area contributed by atoms with Crippen molar-refractivity contribution in [1.82, 2.24) is 10.2 Å². The van der Waals surface area contributed by atoms with E-state index < -0.39 is 0 Å². The number of aromatic amines is 1. The highest BCUT2D eigenvalue weighted by molar-refractivity contribution is 9.10. The zero-order valence-electron chi connectivity index (χ0n) is 11.1. The van der Waals surface area contributed by atoms with E-state index in [0.717, 1.165) is 24.6 Å². The predicted octanol–water partition coefficient (Wildman–Crippen LogP) is 3.55. The summed E-state index contributed by atoms with van der Waals surface area (Å²) in [5.74, 6) is 0.807. The second-order valence-corrected chi connectivity index (χ2v) is 5.74. The Morgan fingerprint density at radius 2 is 2.06 bits per heavy atom. The minimum Gasteiger partial charge on any atom is -0.383 e. The molecule has 0 bridgehead atoms. The summed E-state index contributed by atoms with van der Waals surface area (Å²) in [4.78, 5) is 11.3. The molecule has 0 spiro atoms. The number of hydrogen-bond acceptors (Lipinski definition) is 3. The molecular formula is C13H22BrN3O. The van der Waals surface area contributed by atoms with E-state index in [2.05, 4.69) is 45.3 Å².